The van der Waals surface area contributed by atoms with Crippen LogP contribution in [-0.4, -0.2) is 56.4 Å². The molecule has 9 heteroatoms. The topological polar surface area (TPSA) is 109 Å². The van der Waals surface area contributed by atoms with Gasteiger partial charge in [-0.25, -0.2) is 0 Å². The average molecular weight is 461 g/mol. The fourth-order valence-electron chi connectivity index (χ4n) is 5.15. The average Bonchev–Trinajstić information content (AvgIpc) is 3.27. The third-order valence-corrected chi connectivity index (χ3v) is 7.05. The van der Waals surface area contributed by atoms with Gasteiger partial charge in [0.05, 0.1) is 12.0 Å². The van der Waals surface area contributed by atoms with E-state index in [9.17, 15) is 14.4 Å². The molecule has 9 nitrogen and oxygen atoms in total. The fourth-order valence-corrected chi connectivity index (χ4v) is 5.15. The highest BCUT2D eigenvalue weighted by molar-refractivity contribution is 5.94. The Balaban J connectivity index is 1.08. The Labute approximate surface area is 197 Å². The lowest BCUT2D eigenvalue weighted by Crippen LogP contribution is -2.55. The van der Waals surface area contributed by atoms with E-state index in [-0.39, 0.29) is 29.2 Å². The predicted molar refractivity (Wildman–Crippen MR) is 126 cm³/mol. The molecule has 0 unspecified atom stereocenters. The van der Waals surface area contributed by atoms with Crippen molar-refractivity contribution in [3.63, 3.8) is 0 Å². The second-order valence-electron chi connectivity index (χ2n) is 9.53. The van der Waals surface area contributed by atoms with Crippen molar-refractivity contribution in [3.05, 3.63) is 60.0 Å². The number of amides is 3. The van der Waals surface area contributed by atoms with Crippen molar-refractivity contribution in [3.8, 4) is 0 Å². The number of likely N-dealkylation sites (tertiary alicyclic amines) is 1. The zero-order valence-electron chi connectivity index (χ0n) is 19.2. The zero-order valence-corrected chi connectivity index (χ0v) is 19.2. The van der Waals surface area contributed by atoms with Crippen LogP contribution in [0.5, 0.6) is 0 Å². The van der Waals surface area contributed by atoms with Crippen LogP contribution in [0.25, 0.3) is 5.65 Å². The normalized spacial score (nSPS) is 17.4. The molecule has 2 aromatic heterocycles. The second-order valence-corrected chi connectivity index (χ2v) is 9.53. The highest BCUT2D eigenvalue weighted by atomic mass is 16.2. The van der Waals surface area contributed by atoms with Gasteiger partial charge in [0, 0.05) is 37.9 Å². The van der Waals surface area contributed by atoms with Gasteiger partial charge in [0.2, 0.25) is 11.8 Å². The summed E-state index contributed by atoms with van der Waals surface area (Å²) in [5, 5.41) is 13.7. The Morgan fingerprint density at radius 3 is 2.50 bits per heavy atom. The minimum Gasteiger partial charge on any atom is -0.349 e. The van der Waals surface area contributed by atoms with Crippen LogP contribution >= 0.6 is 0 Å². The molecule has 0 radical (unpaired) electrons. The summed E-state index contributed by atoms with van der Waals surface area (Å²) in [5.41, 5.74) is 3.21. The number of aromatic nitrogens is 3. The molecule has 1 spiro atoms. The van der Waals surface area contributed by atoms with Gasteiger partial charge >= 0.3 is 0 Å². The van der Waals surface area contributed by atoms with Crippen molar-refractivity contribution < 1.29 is 14.4 Å². The first kappa shape index (κ1) is 22.1. The number of carbonyl (C=O) groups excluding carboxylic acids is 3. The number of nitrogens with one attached hydrogen (secondary N) is 2. The van der Waals surface area contributed by atoms with E-state index in [1.165, 1.54) is 6.92 Å². The van der Waals surface area contributed by atoms with Crippen LogP contribution in [0.3, 0.4) is 0 Å². The number of hydrogen-bond acceptors (Lipinski definition) is 5. The van der Waals surface area contributed by atoms with Crippen molar-refractivity contribution in [1.82, 2.24) is 24.8 Å². The Bertz CT molecular complexity index is 1220. The van der Waals surface area contributed by atoms with Gasteiger partial charge in [0.1, 0.15) is 6.33 Å². The van der Waals surface area contributed by atoms with Gasteiger partial charge in [-0.1, -0.05) is 12.1 Å². The maximum absolute atomic E-state index is 12.8. The summed E-state index contributed by atoms with van der Waals surface area (Å²) in [6.07, 6.45) is 7.55. The highest BCUT2D eigenvalue weighted by Crippen LogP contribution is 2.49. The van der Waals surface area contributed by atoms with Crippen LogP contribution in [0.15, 0.2) is 48.9 Å². The SMILES string of the molecule is CC(=O)Nc1ccc(CC(=O)N2CCC3(CC2)CC(NC(=O)c2ccc4nncn4c2)C3)cc1. The molecule has 1 saturated heterocycles. The number of anilines is 1. The number of piperidine rings is 1. The lowest BCUT2D eigenvalue weighted by Gasteiger charge is -2.52. The monoisotopic (exact) mass is 460 g/mol. The summed E-state index contributed by atoms with van der Waals surface area (Å²) in [4.78, 5) is 38.5. The molecule has 1 aliphatic heterocycles. The standard InChI is InChI=1S/C25H28N6O3/c1-17(32)27-20-5-2-18(3-6-20)12-23(33)30-10-8-25(9-11-30)13-21(14-25)28-24(34)19-4-7-22-29-26-16-31(22)15-19/h2-7,15-16,21H,8-14H2,1H3,(H,27,32)(H,28,34). The third kappa shape index (κ3) is 4.64. The quantitative estimate of drug-likeness (QED) is 0.608. The van der Waals surface area contributed by atoms with Crippen LogP contribution in [0.1, 0.15) is 48.5 Å². The van der Waals surface area contributed by atoms with E-state index in [0.29, 0.717) is 17.6 Å². The van der Waals surface area contributed by atoms with E-state index in [2.05, 4.69) is 20.8 Å². The van der Waals surface area contributed by atoms with Crippen molar-refractivity contribution in [1.29, 1.82) is 0 Å². The van der Waals surface area contributed by atoms with Crippen molar-refractivity contribution in [2.24, 2.45) is 5.41 Å². The summed E-state index contributed by atoms with van der Waals surface area (Å²) in [6.45, 7) is 2.99. The minimum absolute atomic E-state index is 0.0763. The zero-order chi connectivity index (χ0) is 23.7. The number of carbonyl (C=O) groups is 3. The predicted octanol–water partition coefficient (Wildman–Crippen LogP) is 2.43. The fraction of sp³-hybridized carbons (Fsp3) is 0.400. The number of rotatable bonds is 5. The van der Waals surface area contributed by atoms with Gasteiger partial charge in [0.25, 0.3) is 5.91 Å². The van der Waals surface area contributed by atoms with Crippen LogP contribution in [0.2, 0.25) is 0 Å². The molecule has 3 aromatic rings. The molecule has 3 heterocycles. The second kappa shape index (κ2) is 8.89. The molecule has 2 fully saturated rings. The molecule has 34 heavy (non-hydrogen) atoms. The smallest absolute Gasteiger partial charge is 0.252 e. The van der Waals surface area contributed by atoms with E-state index >= 15 is 0 Å². The Kier molecular flexibility index (Phi) is 5.77. The summed E-state index contributed by atoms with van der Waals surface area (Å²) in [6, 6.07) is 11.1. The van der Waals surface area contributed by atoms with Crippen LogP contribution in [-0.2, 0) is 16.0 Å². The molecular weight excluding hydrogens is 432 g/mol. The maximum Gasteiger partial charge on any atom is 0.252 e. The Hall–Kier alpha value is -3.75. The van der Waals surface area contributed by atoms with Gasteiger partial charge in [-0.3, -0.25) is 18.8 Å². The number of hydrogen-bond donors (Lipinski definition) is 2. The molecule has 2 N–H and O–H groups in total. The van der Waals surface area contributed by atoms with E-state index in [0.717, 1.165) is 50.0 Å². The molecule has 1 aliphatic carbocycles. The molecule has 5 rings (SSSR count). The van der Waals surface area contributed by atoms with E-state index < -0.39 is 0 Å². The molecule has 3 amide bonds. The summed E-state index contributed by atoms with van der Waals surface area (Å²) in [5.74, 6) is -0.0549. The lowest BCUT2D eigenvalue weighted by atomic mass is 9.60. The van der Waals surface area contributed by atoms with Gasteiger partial charge in [0.15, 0.2) is 5.65 Å². The lowest BCUT2D eigenvalue weighted by molar-refractivity contribution is -0.134. The molecule has 0 bridgehead atoms. The van der Waals surface area contributed by atoms with E-state index in [4.69, 9.17) is 0 Å². The summed E-state index contributed by atoms with van der Waals surface area (Å²) >= 11 is 0. The van der Waals surface area contributed by atoms with Crippen molar-refractivity contribution in [2.45, 2.75) is 45.1 Å². The summed E-state index contributed by atoms with van der Waals surface area (Å²) < 4.78 is 1.74. The Morgan fingerprint density at radius 2 is 1.79 bits per heavy atom. The molecule has 2 aliphatic rings. The molecule has 1 aromatic carbocycles. The minimum atomic E-state index is -0.114. The van der Waals surface area contributed by atoms with Crippen molar-refractivity contribution >= 4 is 29.1 Å². The molecule has 0 atom stereocenters. The summed E-state index contributed by atoms with van der Waals surface area (Å²) in [7, 11) is 0. The van der Waals surface area contributed by atoms with Crippen LogP contribution in [0.4, 0.5) is 5.69 Å². The maximum atomic E-state index is 12.8. The first-order valence-electron chi connectivity index (χ1n) is 11.6. The van der Waals surface area contributed by atoms with Crippen LogP contribution in [0, 0.1) is 5.41 Å². The molecule has 176 valence electrons. The van der Waals surface area contributed by atoms with Crippen molar-refractivity contribution in [2.75, 3.05) is 18.4 Å². The van der Waals surface area contributed by atoms with Gasteiger partial charge in [-0.2, -0.15) is 0 Å². The largest absolute Gasteiger partial charge is 0.349 e. The van der Waals surface area contributed by atoms with E-state index in [1.807, 2.05) is 29.2 Å². The first-order valence-corrected chi connectivity index (χ1v) is 11.6. The number of benzene rings is 1. The number of fused-ring (bicyclic) bond motifs is 1. The van der Waals surface area contributed by atoms with Gasteiger partial charge in [-0.15, -0.1) is 10.2 Å². The highest BCUT2D eigenvalue weighted by Gasteiger charge is 2.46. The third-order valence-electron chi connectivity index (χ3n) is 7.05. The van der Waals surface area contributed by atoms with Gasteiger partial charge < -0.3 is 15.5 Å². The first-order chi connectivity index (χ1) is 16.4. The van der Waals surface area contributed by atoms with Gasteiger partial charge in [-0.05, 0) is 60.9 Å². The van der Waals surface area contributed by atoms with E-state index in [1.54, 1.807) is 29.1 Å². The molecular formula is C25H28N6O3. The number of nitrogens with zero attached hydrogens (tertiary/aromatic N) is 4. The molecule has 1 saturated carbocycles. The number of pyridine rings is 1. The van der Waals surface area contributed by atoms with Crippen LogP contribution < -0.4 is 10.6 Å². The Morgan fingerprint density at radius 1 is 1.06 bits per heavy atom.